The average Bonchev–Trinajstić information content (AvgIpc) is 2.18. The first-order valence-electron chi connectivity index (χ1n) is 4.95. The SMILES string of the molecule is C=CCCC(C)Nc1ccc(N)cc1. The van der Waals surface area contributed by atoms with Gasteiger partial charge in [-0.15, -0.1) is 6.58 Å². The van der Waals surface area contributed by atoms with Crippen molar-refractivity contribution in [3.8, 4) is 0 Å². The maximum Gasteiger partial charge on any atom is 0.0343 e. The summed E-state index contributed by atoms with van der Waals surface area (Å²) in [6, 6.07) is 8.28. The van der Waals surface area contributed by atoms with Crippen LogP contribution in [0.3, 0.4) is 0 Å². The van der Waals surface area contributed by atoms with Crippen molar-refractivity contribution in [1.82, 2.24) is 0 Å². The molecule has 2 nitrogen and oxygen atoms in total. The van der Waals surface area contributed by atoms with Gasteiger partial charge in [-0.25, -0.2) is 0 Å². The molecule has 0 amide bonds. The van der Waals surface area contributed by atoms with E-state index in [4.69, 9.17) is 5.73 Å². The summed E-state index contributed by atoms with van der Waals surface area (Å²) < 4.78 is 0. The molecule has 1 aromatic rings. The second kappa shape index (κ2) is 5.32. The lowest BCUT2D eigenvalue weighted by Gasteiger charge is -2.14. The van der Waals surface area contributed by atoms with Crippen molar-refractivity contribution < 1.29 is 0 Å². The number of hydrogen-bond acceptors (Lipinski definition) is 2. The van der Waals surface area contributed by atoms with Gasteiger partial charge in [0.25, 0.3) is 0 Å². The molecule has 0 saturated carbocycles. The van der Waals surface area contributed by atoms with Crippen LogP contribution in [0, 0.1) is 0 Å². The lowest BCUT2D eigenvalue weighted by Crippen LogP contribution is -2.14. The zero-order valence-electron chi connectivity index (χ0n) is 8.66. The maximum atomic E-state index is 5.60. The molecule has 1 aromatic carbocycles. The zero-order chi connectivity index (χ0) is 10.4. The Morgan fingerprint density at radius 2 is 2.07 bits per heavy atom. The van der Waals surface area contributed by atoms with Crippen LogP contribution in [0.4, 0.5) is 11.4 Å². The highest BCUT2D eigenvalue weighted by molar-refractivity contribution is 5.51. The third kappa shape index (κ3) is 3.52. The summed E-state index contributed by atoms with van der Waals surface area (Å²) in [5.74, 6) is 0. The average molecular weight is 190 g/mol. The Kier molecular flexibility index (Phi) is 4.05. The van der Waals surface area contributed by atoms with E-state index < -0.39 is 0 Å². The zero-order valence-corrected chi connectivity index (χ0v) is 8.66. The first-order valence-corrected chi connectivity index (χ1v) is 4.95. The van der Waals surface area contributed by atoms with Crippen LogP contribution in [0.1, 0.15) is 19.8 Å². The third-order valence-corrected chi connectivity index (χ3v) is 2.13. The van der Waals surface area contributed by atoms with Crippen molar-refractivity contribution >= 4 is 11.4 Å². The topological polar surface area (TPSA) is 38.0 Å². The number of nitrogens with two attached hydrogens (primary N) is 1. The quantitative estimate of drug-likeness (QED) is 0.553. The van der Waals surface area contributed by atoms with E-state index in [1.165, 1.54) is 0 Å². The van der Waals surface area contributed by atoms with Crippen molar-refractivity contribution in [3.05, 3.63) is 36.9 Å². The molecule has 2 heteroatoms. The Hall–Kier alpha value is -1.44. The smallest absolute Gasteiger partial charge is 0.0343 e. The second-order valence-electron chi connectivity index (χ2n) is 3.53. The number of nitrogens with one attached hydrogen (secondary N) is 1. The molecule has 0 radical (unpaired) electrons. The minimum absolute atomic E-state index is 0.469. The van der Waals surface area contributed by atoms with Gasteiger partial charge in [0.2, 0.25) is 0 Å². The first kappa shape index (κ1) is 10.6. The van der Waals surface area contributed by atoms with Gasteiger partial charge in [0.05, 0.1) is 0 Å². The van der Waals surface area contributed by atoms with Gasteiger partial charge in [-0.05, 0) is 44.0 Å². The molecule has 0 aliphatic carbocycles. The van der Waals surface area contributed by atoms with E-state index in [0.717, 1.165) is 24.2 Å². The first-order chi connectivity index (χ1) is 6.72. The Bertz CT molecular complexity index is 277. The third-order valence-electron chi connectivity index (χ3n) is 2.13. The highest BCUT2D eigenvalue weighted by Gasteiger charge is 1.99. The van der Waals surface area contributed by atoms with Crippen LogP contribution in [-0.4, -0.2) is 6.04 Å². The van der Waals surface area contributed by atoms with Crippen LogP contribution in [0.5, 0.6) is 0 Å². The summed E-state index contributed by atoms with van der Waals surface area (Å²) in [7, 11) is 0. The molecule has 14 heavy (non-hydrogen) atoms. The fraction of sp³-hybridized carbons (Fsp3) is 0.333. The van der Waals surface area contributed by atoms with E-state index in [-0.39, 0.29) is 0 Å². The van der Waals surface area contributed by atoms with Gasteiger partial charge in [0.15, 0.2) is 0 Å². The van der Waals surface area contributed by atoms with E-state index in [0.29, 0.717) is 6.04 Å². The highest BCUT2D eigenvalue weighted by atomic mass is 14.9. The van der Waals surface area contributed by atoms with E-state index in [1.807, 2.05) is 30.3 Å². The molecule has 0 bridgehead atoms. The van der Waals surface area contributed by atoms with Crippen LogP contribution in [0.2, 0.25) is 0 Å². The Labute approximate surface area is 85.8 Å². The molecular formula is C12H18N2. The Balaban J connectivity index is 2.43. The molecule has 0 aromatic heterocycles. The molecule has 0 aliphatic heterocycles. The monoisotopic (exact) mass is 190 g/mol. The van der Waals surface area contributed by atoms with Gasteiger partial charge >= 0.3 is 0 Å². The van der Waals surface area contributed by atoms with Crippen LogP contribution in [-0.2, 0) is 0 Å². The van der Waals surface area contributed by atoms with E-state index in [1.54, 1.807) is 0 Å². The predicted molar refractivity (Wildman–Crippen MR) is 63.4 cm³/mol. The number of rotatable bonds is 5. The predicted octanol–water partition coefficient (Wildman–Crippen LogP) is 3.04. The van der Waals surface area contributed by atoms with Crippen LogP contribution >= 0.6 is 0 Å². The standard InChI is InChI=1S/C12H18N2/c1-3-4-5-10(2)14-12-8-6-11(13)7-9-12/h3,6-10,14H,1,4-5,13H2,2H3. The number of allylic oxidation sites excluding steroid dienone is 1. The minimum Gasteiger partial charge on any atom is -0.399 e. The number of hydrogen-bond donors (Lipinski definition) is 2. The van der Waals surface area contributed by atoms with E-state index in [9.17, 15) is 0 Å². The molecular weight excluding hydrogens is 172 g/mol. The van der Waals surface area contributed by atoms with Crippen molar-refractivity contribution in [2.75, 3.05) is 11.1 Å². The minimum atomic E-state index is 0.469. The molecule has 0 fully saturated rings. The summed E-state index contributed by atoms with van der Waals surface area (Å²) in [6.45, 7) is 5.87. The van der Waals surface area contributed by atoms with Gasteiger partial charge in [-0.2, -0.15) is 0 Å². The number of benzene rings is 1. The Morgan fingerprint density at radius 3 is 2.64 bits per heavy atom. The summed E-state index contributed by atoms with van der Waals surface area (Å²) in [4.78, 5) is 0. The van der Waals surface area contributed by atoms with Crippen molar-refractivity contribution in [2.24, 2.45) is 0 Å². The molecule has 0 heterocycles. The molecule has 0 saturated heterocycles. The van der Waals surface area contributed by atoms with Crippen LogP contribution < -0.4 is 11.1 Å². The number of anilines is 2. The molecule has 1 rings (SSSR count). The molecule has 0 aliphatic rings. The van der Waals surface area contributed by atoms with Crippen molar-refractivity contribution in [1.29, 1.82) is 0 Å². The second-order valence-corrected chi connectivity index (χ2v) is 3.53. The summed E-state index contributed by atoms with van der Waals surface area (Å²) in [5, 5.41) is 3.40. The highest BCUT2D eigenvalue weighted by Crippen LogP contribution is 2.13. The molecule has 76 valence electrons. The fourth-order valence-electron chi connectivity index (χ4n) is 1.30. The van der Waals surface area contributed by atoms with Crippen LogP contribution in [0.15, 0.2) is 36.9 Å². The Morgan fingerprint density at radius 1 is 1.43 bits per heavy atom. The van der Waals surface area contributed by atoms with Gasteiger partial charge in [0, 0.05) is 17.4 Å². The van der Waals surface area contributed by atoms with Crippen LogP contribution in [0.25, 0.3) is 0 Å². The lowest BCUT2D eigenvalue weighted by molar-refractivity contribution is 0.719. The molecule has 1 atom stereocenters. The summed E-state index contributed by atoms with van der Waals surface area (Å²) >= 11 is 0. The fourth-order valence-corrected chi connectivity index (χ4v) is 1.30. The summed E-state index contributed by atoms with van der Waals surface area (Å²) in [6.07, 6.45) is 4.10. The largest absolute Gasteiger partial charge is 0.399 e. The van der Waals surface area contributed by atoms with Gasteiger partial charge in [-0.3, -0.25) is 0 Å². The van der Waals surface area contributed by atoms with Gasteiger partial charge in [-0.1, -0.05) is 6.08 Å². The van der Waals surface area contributed by atoms with E-state index in [2.05, 4.69) is 18.8 Å². The maximum absolute atomic E-state index is 5.60. The normalized spacial score (nSPS) is 12.1. The van der Waals surface area contributed by atoms with Crippen molar-refractivity contribution in [2.45, 2.75) is 25.8 Å². The molecule has 0 spiro atoms. The van der Waals surface area contributed by atoms with Crippen molar-refractivity contribution in [3.63, 3.8) is 0 Å². The lowest BCUT2D eigenvalue weighted by atomic mass is 10.1. The number of nitrogen functional groups attached to an aromatic ring is 1. The summed E-state index contributed by atoms with van der Waals surface area (Å²) in [5.41, 5.74) is 7.52. The van der Waals surface area contributed by atoms with Gasteiger partial charge < -0.3 is 11.1 Å². The van der Waals surface area contributed by atoms with Gasteiger partial charge in [0.1, 0.15) is 0 Å². The molecule has 3 N–H and O–H groups in total. The van der Waals surface area contributed by atoms with E-state index >= 15 is 0 Å². The molecule has 1 unspecified atom stereocenters.